The maximum Gasteiger partial charge on any atom is 0.358 e. The van der Waals surface area contributed by atoms with Gasteiger partial charge in [0, 0.05) is 5.56 Å². The van der Waals surface area contributed by atoms with E-state index >= 15 is 0 Å². The van der Waals surface area contributed by atoms with Crippen LogP contribution in [0.15, 0.2) is 30.3 Å². The number of ether oxygens (including phenoxy) is 1. The number of methoxy groups -OCH3 is 1. The third-order valence-electron chi connectivity index (χ3n) is 2.93. The molecule has 2 rings (SSSR count). The molecule has 0 unspecified atom stereocenters. The Morgan fingerprint density at radius 1 is 1.40 bits per heavy atom. The molecule has 0 amide bonds. The highest BCUT2D eigenvalue weighted by atomic mass is 35.5. The molecule has 0 radical (unpaired) electrons. The van der Waals surface area contributed by atoms with Gasteiger partial charge in [0.15, 0.2) is 5.69 Å². The number of aromatic nitrogens is 2. The lowest BCUT2D eigenvalue weighted by atomic mass is 10.1. The number of rotatable bonds is 5. The monoisotopic (exact) mass is 293 g/mol. The van der Waals surface area contributed by atoms with E-state index in [1.807, 2.05) is 30.3 Å². The summed E-state index contributed by atoms with van der Waals surface area (Å²) in [6, 6.07) is 9.40. The number of carbonyl (C=O) groups is 1. The van der Waals surface area contributed by atoms with Gasteiger partial charge in [-0.1, -0.05) is 29.8 Å². The van der Waals surface area contributed by atoms with E-state index < -0.39 is 5.97 Å². The lowest BCUT2D eigenvalue weighted by Crippen LogP contribution is -2.07. The normalized spacial score (nSPS) is 10.6. The van der Waals surface area contributed by atoms with Crippen LogP contribution in [0.2, 0.25) is 5.15 Å². The van der Waals surface area contributed by atoms with Gasteiger partial charge in [0.05, 0.1) is 12.8 Å². The van der Waals surface area contributed by atoms with E-state index in [1.165, 1.54) is 7.11 Å². The zero-order chi connectivity index (χ0) is 14.5. The molecule has 2 aromatic rings. The van der Waals surface area contributed by atoms with Crippen molar-refractivity contribution in [3.63, 3.8) is 0 Å². The lowest BCUT2D eigenvalue weighted by molar-refractivity contribution is 0.0592. The minimum atomic E-state index is -0.492. The van der Waals surface area contributed by atoms with Crippen LogP contribution >= 0.6 is 11.6 Å². The maximum atomic E-state index is 11.8. The van der Waals surface area contributed by atoms with Crippen LogP contribution < -0.4 is 5.73 Å². The molecule has 5 nitrogen and oxygen atoms in total. The first-order valence-corrected chi connectivity index (χ1v) is 6.68. The van der Waals surface area contributed by atoms with Crippen molar-refractivity contribution in [2.45, 2.75) is 12.8 Å². The van der Waals surface area contributed by atoms with Crippen molar-refractivity contribution >= 4 is 17.6 Å². The molecule has 0 aliphatic heterocycles. The summed E-state index contributed by atoms with van der Waals surface area (Å²) in [5.41, 5.74) is 7.23. The average Bonchev–Trinajstić information content (AvgIpc) is 2.82. The molecule has 20 heavy (non-hydrogen) atoms. The molecule has 0 saturated heterocycles. The molecule has 106 valence electrons. The summed E-state index contributed by atoms with van der Waals surface area (Å²) >= 11 is 6.35. The summed E-state index contributed by atoms with van der Waals surface area (Å²) in [6.45, 7) is 0.521. The average molecular weight is 294 g/mol. The number of nitrogens with two attached hydrogens (primary N) is 1. The third-order valence-corrected chi connectivity index (χ3v) is 3.32. The Bertz CT molecular complexity index is 596. The van der Waals surface area contributed by atoms with Crippen molar-refractivity contribution in [3.05, 3.63) is 46.7 Å². The maximum absolute atomic E-state index is 11.8. The van der Waals surface area contributed by atoms with Crippen LogP contribution in [-0.4, -0.2) is 29.4 Å². The van der Waals surface area contributed by atoms with E-state index in [1.54, 1.807) is 4.68 Å². The topological polar surface area (TPSA) is 70.1 Å². The number of halogens is 1. The second-order valence-corrected chi connectivity index (χ2v) is 4.61. The van der Waals surface area contributed by atoms with Gasteiger partial charge in [-0.25, -0.2) is 9.48 Å². The Morgan fingerprint density at radius 3 is 2.70 bits per heavy atom. The van der Waals surface area contributed by atoms with E-state index in [4.69, 9.17) is 22.1 Å². The Kier molecular flexibility index (Phi) is 4.76. The van der Waals surface area contributed by atoms with Crippen LogP contribution in [0.5, 0.6) is 0 Å². The van der Waals surface area contributed by atoms with Crippen LogP contribution in [0.1, 0.15) is 22.5 Å². The molecule has 0 fully saturated rings. The van der Waals surface area contributed by atoms with Gasteiger partial charge in [0.25, 0.3) is 0 Å². The minimum Gasteiger partial charge on any atom is -0.464 e. The highest BCUT2D eigenvalue weighted by Gasteiger charge is 2.22. The minimum absolute atomic E-state index is 0.245. The second kappa shape index (κ2) is 6.54. The molecule has 0 bridgehead atoms. The number of esters is 1. The Balaban J connectivity index is 2.49. The van der Waals surface area contributed by atoms with E-state index in [-0.39, 0.29) is 5.69 Å². The van der Waals surface area contributed by atoms with Gasteiger partial charge >= 0.3 is 5.97 Å². The van der Waals surface area contributed by atoms with Crippen molar-refractivity contribution in [1.29, 1.82) is 0 Å². The van der Waals surface area contributed by atoms with Crippen molar-refractivity contribution in [3.8, 4) is 5.69 Å². The number of hydrogen-bond acceptors (Lipinski definition) is 4. The van der Waals surface area contributed by atoms with Gasteiger partial charge in [0.1, 0.15) is 5.15 Å². The first-order valence-electron chi connectivity index (χ1n) is 6.30. The van der Waals surface area contributed by atoms with Gasteiger partial charge in [0.2, 0.25) is 0 Å². The predicted molar refractivity (Wildman–Crippen MR) is 77.3 cm³/mol. The highest BCUT2D eigenvalue weighted by molar-refractivity contribution is 6.31. The van der Waals surface area contributed by atoms with Gasteiger partial charge in [-0.3, -0.25) is 0 Å². The Morgan fingerprint density at radius 2 is 2.10 bits per heavy atom. The third kappa shape index (κ3) is 2.84. The molecule has 0 aliphatic rings. The molecular weight excluding hydrogens is 278 g/mol. The SMILES string of the molecule is COC(=O)c1nn(-c2ccccc2)c(Cl)c1CCCN. The molecule has 2 N–H and O–H groups in total. The van der Waals surface area contributed by atoms with E-state index in [0.717, 1.165) is 12.1 Å². The zero-order valence-corrected chi connectivity index (χ0v) is 11.9. The molecule has 1 aromatic heterocycles. The van der Waals surface area contributed by atoms with Crippen LogP contribution in [0.25, 0.3) is 5.69 Å². The fourth-order valence-corrected chi connectivity index (χ4v) is 2.25. The largest absolute Gasteiger partial charge is 0.464 e. The number of carbonyl (C=O) groups excluding carboxylic acids is 1. The molecule has 1 aromatic carbocycles. The Labute approximate surface area is 122 Å². The quantitative estimate of drug-likeness (QED) is 0.858. The molecule has 0 saturated carbocycles. The van der Waals surface area contributed by atoms with Crippen LogP contribution in [0.3, 0.4) is 0 Å². The van der Waals surface area contributed by atoms with Gasteiger partial charge < -0.3 is 10.5 Å². The smallest absolute Gasteiger partial charge is 0.358 e. The number of hydrogen-bond donors (Lipinski definition) is 1. The number of benzene rings is 1. The molecule has 6 heteroatoms. The van der Waals surface area contributed by atoms with Gasteiger partial charge in [-0.05, 0) is 31.5 Å². The van der Waals surface area contributed by atoms with E-state index in [0.29, 0.717) is 23.7 Å². The summed E-state index contributed by atoms with van der Waals surface area (Å²) in [5, 5.41) is 4.69. The number of nitrogens with zero attached hydrogens (tertiary/aromatic N) is 2. The predicted octanol–water partition coefficient (Wildman–Crippen LogP) is 2.20. The molecule has 0 spiro atoms. The van der Waals surface area contributed by atoms with Crippen molar-refractivity contribution in [1.82, 2.24) is 9.78 Å². The zero-order valence-electron chi connectivity index (χ0n) is 11.2. The molecule has 1 heterocycles. The van der Waals surface area contributed by atoms with Crippen molar-refractivity contribution in [2.24, 2.45) is 5.73 Å². The second-order valence-electron chi connectivity index (χ2n) is 4.25. The molecule has 0 atom stereocenters. The summed E-state index contributed by atoms with van der Waals surface area (Å²) in [6.07, 6.45) is 1.32. The number of para-hydroxylation sites is 1. The first kappa shape index (κ1) is 14.6. The van der Waals surface area contributed by atoms with E-state index in [9.17, 15) is 4.79 Å². The molecular formula is C14H16ClN3O2. The standard InChI is InChI=1S/C14H16ClN3O2/c1-20-14(19)12-11(8-5-9-16)13(15)18(17-12)10-6-3-2-4-7-10/h2-4,6-7H,5,8-9,16H2,1H3. The van der Waals surface area contributed by atoms with Gasteiger partial charge in [-0.15, -0.1) is 0 Å². The van der Waals surface area contributed by atoms with Gasteiger partial charge in [-0.2, -0.15) is 5.10 Å². The summed E-state index contributed by atoms with van der Waals surface area (Å²) < 4.78 is 6.30. The molecule has 0 aliphatic carbocycles. The van der Waals surface area contributed by atoms with Crippen LogP contribution in [-0.2, 0) is 11.2 Å². The highest BCUT2D eigenvalue weighted by Crippen LogP contribution is 2.25. The lowest BCUT2D eigenvalue weighted by Gasteiger charge is -2.02. The van der Waals surface area contributed by atoms with Crippen LogP contribution in [0, 0.1) is 0 Å². The fraction of sp³-hybridized carbons (Fsp3) is 0.286. The van der Waals surface area contributed by atoms with E-state index in [2.05, 4.69) is 5.10 Å². The Hall–Kier alpha value is -1.85. The summed E-state index contributed by atoms with van der Waals surface area (Å²) in [7, 11) is 1.32. The van der Waals surface area contributed by atoms with Crippen molar-refractivity contribution < 1.29 is 9.53 Å². The fourth-order valence-electron chi connectivity index (χ4n) is 1.93. The summed E-state index contributed by atoms with van der Waals surface area (Å²) in [4.78, 5) is 11.8. The van der Waals surface area contributed by atoms with Crippen LogP contribution in [0.4, 0.5) is 0 Å². The first-order chi connectivity index (χ1) is 9.69. The summed E-state index contributed by atoms with van der Waals surface area (Å²) in [5.74, 6) is -0.492. The van der Waals surface area contributed by atoms with Crippen molar-refractivity contribution in [2.75, 3.05) is 13.7 Å².